The van der Waals surface area contributed by atoms with E-state index in [-0.39, 0.29) is 38.4 Å². The van der Waals surface area contributed by atoms with Crippen LogP contribution in [0.5, 0.6) is 0 Å². The maximum absolute atomic E-state index is 14.4. The zero-order chi connectivity index (χ0) is 35.3. The minimum Gasteiger partial charge on any atom is -0.478 e. The van der Waals surface area contributed by atoms with Gasteiger partial charge in [0.1, 0.15) is 4.88 Å². The van der Waals surface area contributed by atoms with Gasteiger partial charge in [-0.05, 0) is 139 Å². The number of hydrogen-bond donors (Lipinski definition) is 3. The molecule has 4 saturated carbocycles. The van der Waals surface area contributed by atoms with Crippen molar-refractivity contribution in [2.45, 2.75) is 99.3 Å². The largest absolute Gasteiger partial charge is 0.478 e. The number of benzene rings is 1. The second-order valence-corrected chi connectivity index (χ2v) is 18.6. The number of allylic oxidation sites excluding steroid dienone is 3. The van der Waals surface area contributed by atoms with Crippen LogP contribution in [0, 0.1) is 56.7 Å². The van der Waals surface area contributed by atoms with Crippen molar-refractivity contribution < 1.29 is 24.6 Å². The highest BCUT2D eigenvalue weighted by Gasteiger charge is 2.71. The van der Waals surface area contributed by atoms with Crippen molar-refractivity contribution in [2.24, 2.45) is 56.7 Å². The lowest BCUT2D eigenvalue weighted by Crippen LogP contribution is -2.66. The maximum atomic E-state index is 14.4. The third-order valence-electron chi connectivity index (χ3n) is 15.5. The second-order valence-electron chi connectivity index (χ2n) is 17.6. The van der Waals surface area contributed by atoms with Crippen molar-refractivity contribution in [3.05, 3.63) is 64.7 Å². The first kappa shape index (κ1) is 34.2. The van der Waals surface area contributed by atoms with Gasteiger partial charge in [0.25, 0.3) is 0 Å². The lowest BCUT2D eigenvalue weighted by atomic mass is 9.32. The molecule has 1 aromatic heterocycles. The fourth-order valence-corrected chi connectivity index (χ4v) is 13.7. The number of thiazole rings is 1. The normalized spacial score (nSPS) is 39.0. The molecular formula is C41H52N2O5S. The van der Waals surface area contributed by atoms with Gasteiger partial charge in [-0.15, -0.1) is 0 Å². The smallest absolute Gasteiger partial charge is 0.347 e. The Balaban J connectivity index is 1.21. The molecule has 8 heteroatoms. The van der Waals surface area contributed by atoms with E-state index in [0.29, 0.717) is 34.4 Å². The number of nitrogens with one attached hydrogen (secondary N) is 1. The number of amides is 1. The van der Waals surface area contributed by atoms with Crippen LogP contribution >= 0.6 is 11.3 Å². The summed E-state index contributed by atoms with van der Waals surface area (Å²) in [5.41, 5.74) is 3.76. The first-order chi connectivity index (χ1) is 23.0. The number of aromatic nitrogens is 1. The Bertz CT molecular complexity index is 1760. The fraction of sp³-hybridized carbons (Fsp3) is 0.610. The van der Waals surface area contributed by atoms with E-state index in [2.05, 4.69) is 64.5 Å². The Morgan fingerprint density at radius 2 is 1.59 bits per heavy atom. The number of carbonyl (C=O) groups is 3. The zero-order valence-corrected chi connectivity index (χ0v) is 30.7. The van der Waals surface area contributed by atoms with Gasteiger partial charge in [0.05, 0.1) is 17.2 Å². The molecule has 262 valence electrons. The summed E-state index contributed by atoms with van der Waals surface area (Å²) < 4.78 is 0. The molecule has 9 unspecified atom stereocenters. The van der Waals surface area contributed by atoms with E-state index in [9.17, 15) is 24.6 Å². The number of nitrogens with zero attached hydrogens (tertiary/aromatic N) is 1. The molecule has 5 aliphatic carbocycles. The zero-order valence-electron chi connectivity index (χ0n) is 29.9. The summed E-state index contributed by atoms with van der Waals surface area (Å²) in [6, 6.07) is 7.44. The molecule has 1 heterocycles. The predicted octanol–water partition coefficient (Wildman–Crippen LogP) is 9.83. The minimum atomic E-state index is -1.03. The van der Waals surface area contributed by atoms with Gasteiger partial charge < -0.3 is 15.5 Å². The average molecular weight is 685 g/mol. The van der Waals surface area contributed by atoms with Gasteiger partial charge in [0.15, 0.2) is 5.13 Å². The van der Waals surface area contributed by atoms with Gasteiger partial charge in [0.2, 0.25) is 5.91 Å². The van der Waals surface area contributed by atoms with Crippen molar-refractivity contribution in [3.8, 4) is 0 Å². The molecule has 0 aliphatic heterocycles. The quantitative estimate of drug-likeness (QED) is 0.261. The first-order valence-electron chi connectivity index (χ1n) is 18.2. The lowest BCUT2D eigenvalue weighted by molar-refractivity contribution is -0.224. The molecule has 9 atom stereocenters. The molecule has 1 amide bonds. The molecule has 0 bridgehead atoms. The molecule has 7 rings (SSSR count). The van der Waals surface area contributed by atoms with Gasteiger partial charge in [-0.3, -0.25) is 4.79 Å². The van der Waals surface area contributed by atoms with Crippen LogP contribution in [0.2, 0.25) is 0 Å². The Morgan fingerprint density at radius 1 is 0.878 bits per heavy atom. The van der Waals surface area contributed by atoms with Crippen LogP contribution in [0.25, 0.3) is 5.57 Å². The minimum absolute atomic E-state index is 0.0145. The Hall–Kier alpha value is -3.26. The summed E-state index contributed by atoms with van der Waals surface area (Å²) in [6.07, 6.45) is 13.1. The van der Waals surface area contributed by atoms with E-state index in [4.69, 9.17) is 0 Å². The highest BCUT2D eigenvalue weighted by Crippen LogP contribution is 2.77. The predicted molar refractivity (Wildman–Crippen MR) is 193 cm³/mol. The number of hydrogen-bond acceptors (Lipinski definition) is 5. The van der Waals surface area contributed by atoms with Gasteiger partial charge in [-0.1, -0.05) is 76.3 Å². The summed E-state index contributed by atoms with van der Waals surface area (Å²) in [5.74, 6) is 0.0556. The van der Waals surface area contributed by atoms with Crippen LogP contribution in [0.15, 0.2) is 48.7 Å². The van der Waals surface area contributed by atoms with Crippen LogP contribution in [0.1, 0.15) is 125 Å². The molecule has 4 fully saturated rings. The summed E-state index contributed by atoms with van der Waals surface area (Å²) in [7, 11) is 0. The molecule has 3 N–H and O–H groups in total. The molecule has 0 radical (unpaired) electrons. The molecule has 0 spiro atoms. The highest BCUT2D eigenvalue weighted by molar-refractivity contribution is 7.17. The van der Waals surface area contributed by atoms with E-state index < -0.39 is 17.4 Å². The van der Waals surface area contributed by atoms with Gasteiger partial charge in [-0.25, -0.2) is 14.6 Å². The third kappa shape index (κ3) is 4.78. The van der Waals surface area contributed by atoms with Crippen LogP contribution in [0.4, 0.5) is 5.13 Å². The maximum Gasteiger partial charge on any atom is 0.347 e. The molecule has 1 aromatic carbocycles. The van der Waals surface area contributed by atoms with Crippen molar-refractivity contribution in [1.82, 2.24) is 4.98 Å². The van der Waals surface area contributed by atoms with E-state index in [1.807, 2.05) is 12.1 Å². The average Bonchev–Trinajstić information content (AvgIpc) is 3.67. The van der Waals surface area contributed by atoms with Crippen LogP contribution in [-0.4, -0.2) is 33.0 Å². The van der Waals surface area contributed by atoms with Crippen LogP contribution in [-0.2, 0) is 4.79 Å². The highest BCUT2D eigenvalue weighted by atomic mass is 32.1. The number of anilines is 1. The second kappa shape index (κ2) is 11.4. The monoisotopic (exact) mass is 684 g/mol. The number of rotatable bonds is 6. The Kier molecular flexibility index (Phi) is 7.94. The topological polar surface area (TPSA) is 117 Å². The van der Waals surface area contributed by atoms with Crippen molar-refractivity contribution in [2.75, 3.05) is 5.32 Å². The summed E-state index contributed by atoms with van der Waals surface area (Å²) in [5, 5.41) is 22.4. The lowest BCUT2D eigenvalue weighted by Gasteiger charge is -2.72. The molecule has 49 heavy (non-hydrogen) atoms. The molecule has 2 aromatic rings. The van der Waals surface area contributed by atoms with Crippen molar-refractivity contribution in [1.29, 1.82) is 0 Å². The number of fused-ring (bicyclic) bond motifs is 7. The number of carboxylic acid groups (broad SMARTS) is 2. The van der Waals surface area contributed by atoms with E-state index in [1.54, 1.807) is 12.1 Å². The van der Waals surface area contributed by atoms with Crippen molar-refractivity contribution >= 4 is 39.9 Å². The van der Waals surface area contributed by atoms with Gasteiger partial charge in [-0.2, -0.15) is 0 Å². The fourth-order valence-electron chi connectivity index (χ4n) is 13.1. The SMILES string of the molecule is C=C(C)C1CCC2(C(=O)Nc3ncc(C(=O)O)s3)CCC3(C)C(CCC4C5(C)CC=C(c6ccc(C(=O)O)cc6)C(C)(C)C5CCC43C)C12. The van der Waals surface area contributed by atoms with Crippen LogP contribution in [0.3, 0.4) is 0 Å². The Labute approximate surface area is 294 Å². The number of carbonyl (C=O) groups excluding carboxylic acids is 1. The van der Waals surface area contributed by atoms with E-state index in [0.717, 1.165) is 68.3 Å². The first-order valence-corrected chi connectivity index (χ1v) is 19.0. The van der Waals surface area contributed by atoms with Crippen molar-refractivity contribution in [3.63, 3.8) is 0 Å². The van der Waals surface area contributed by atoms with Gasteiger partial charge >= 0.3 is 11.9 Å². The standard InChI is InChI=1S/C41H52N2O5S/c1-23(2)26-14-19-41(35(48)43-36-42-22-29(49-36)34(46)47)21-20-39(6)28(32(26)41)12-13-31-38(5)17-15-27(24-8-10-25(11-9-24)33(44)45)37(3,4)30(38)16-18-40(31,39)7/h8-11,15,22,26,28,30-32H,1,12-14,16-21H2,2-7H3,(H,44,45)(H,46,47)(H,42,43,48). The molecule has 7 nitrogen and oxygen atoms in total. The van der Waals surface area contributed by atoms with E-state index in [1.165, 1.54) is 23.8 Å². The Morgan fingerprint density at radius 3 is 2.22 bits per heavy atom. The number of carboxylic acids is 2. The van der Waals surface area contributed by atoms with Crippen LogP contribution < -0.4 is 5.32 Å². The summed E-state index contributed by atoms with van der Waals surface area (Å²) in [6.45, 7) is 19.2. The van der Waals surface area contributed by atoms with E-state index >= 15 is 0 Å². The molecule has 0 saturated heterocycles. The number of aromatic carboxylic acids is 2. The molecule has 5 aliphatic rings. The molecular weight excluding hydrogens is 633 g/mol. The van der Waals surface area contributed by atoms with Gasteiger partial charge in [0, 0.05) is 0 Å². The summed E-state index contributed by atoms with van der Waals surface area (Å²) in [4.78, 5) is 41.9. The third-order valence-corrected chi connectivity index (χ3v) is 16.4. The summed E-state index contributed by atoms with van der Waals surface area (Å²) >= 11 is 1.03.